The molecule has 92 valence electrons. The molecule has 1 aromatic carbocycles. The molecule has 1 aromatic rings. The molecule has 1 aliphatic heterocycles. The van der Waals surface area contributed by atoms with Crippen molar-refractivity contribution in [3.63, 3.8) is 0 Å². The summed E-state index contributed by atoms with van der Waals surface area (Å²) in [6, 6.07) is 3.99. The lowest BCUT2D eigenvalue weighted by molar-refractivity contribution is -0.135. The number of halogens is 1. The number of alkyl halides is 1. The van der Waals surface area contributed by atoms with E-state index >= 15 is 0 Å². The summed E-state index contributed by atoms with van der Waals surface area (Å²) in [5.41, 5.74) is 2.84. The summed E-state index contributed by atoms with van der Waals surface area (Å²) in [7, 11) is 0. The van der Waals surface area contributed by atoms with Gasteiger partial charge in [-0.1, -0.05) is 32.4 Å². The molecule has 0 aromatic heterocycles. The van der Waals surface area contributed by atoms with E-state index in [1.165, 1.54) is 0 Å². The molecule has 0 aliphatic carbocycles. The molecule has 1 unspecified atom stereocenters. The molecular weight excluding hydrogens is 236 g/mol. The van der Waals surface area contributed by atoms with E-state index in [1.807, 2.05) is 13.0 Å². The highest BCUT2D eigenvalue weighted by Gasteiger charge is 2.45. The Morgan fingerprint density at radius 1 is 1.29 bits per heavy atom. The van der Waals surface area contributed by atoms with Crippen LogP contribution in [0.1, 0.15) is 44.4 Å². The average molecular weight is 253 g/mol. The van der Waals surface area contributed by atoms with Crippen molar-refractivity contribution in [1.29, 1.82) is 0 Å². The monoisotopic (exact) mass is 252 g/mol. The van der Waals surface area contributed by atoms with Crippen LogP contribution in [0.15, 0.2) is 12.1 Å². The van der Waals surface area contributed by atoms with E-state index in [0.29, 0.717) is 5.75 Å². The largest absolute Gasteiger partial charge is 0.424 e. The normalized spacial score (nSPS) is 23.5. The van der Waals surface area contributed by atoms with E-state index in [-0.39, 0.29) is 11.4 Å². The van der Waals surface area contributed by atoms with Gasteiger partial charge in [-0.25, -0.2) is 4.79 Å². The van der Waals surface area contributed by atoms with Gasteiger partial charge in [0, 0.05) is 11.1 Å². The molecule has 0 saturated carbocycles. The van der Waals surface area contributed by atoms with Gasteiger partial charge in [-0.05, 0) is 25.3 Å². The smallest absolute Gasteiger partial charge is 0.337 e. The van der Waals surface area contributed by atoms with Crippen molar-refractivity contribution in [2.75, 3.05) is 0 Å². The number of esters is 1. The molecule has 1 heterocycles. The first-order valence-electron chi connectivity index (χ1n) is 5.71. The molecule has 0 radical (unpaired) electrons. The van der Waals surface area contributed by atoms with Crippen LogP contribution in [0.4, 0.5) is 0 Å². The lowest BCUT2D eigenvalue weighted by atomic mass is 9.83. The molecule has 0 saturated heterocycles. The Hall–Kier alpha value is -1.02. The molecule has 17 heavy (non-hydrogen) atoms. The van der Waals surface area contributed by atoms with Crippen LogP contribution in [-0.2, 0) is 15.1 Å². The third kappa shape index (κ3) is 1.85. The Kier molecular flexibility index (Phi) is 2.55. The molecule has 2 nitrogen and oxygen atoms in total. The van der Waals surface area contributed by atoms with Crippen molar-refractivity contribution in [2.45, 2.75) is 44.9 Å². The Labute approximate surface area is 107 Å². The molecule has 1 atom stereocenters. The highest BCUT2D eigenvalue weighted by atomic mass is 35.5. The van der Waals surface area contributed by atoms with Gasteiger partial charge in [0.05, 0.1) is 0 Å². The zero-order chi connectivity index (χ0) is 13.0. The van der Waals surface area contributed by atoms with Crippen LogP contribution in [-0.4, -0.2) is 5.97 Å². The van der Waals surface area contributed by atoms with Gasteiger partial charge in [0.2, 0.25) is 0 Å². The Bertz CT molecular complexity index is 496. The number of hydrogen-bond donors (Lipinski definition) is 0. The zero-order valence-electron chi connectivity index (χ0n) is 10.8. The summed E-state index contributed by atoms with van der Waals surface area (Å²) >= 11 is 6.27. The highest BCUT2D eigenvalue weighted by Crippen LogP contribution is 2.47. The lowest BCUT2D eigenvalue weighted by Gasteiger charge is -2.22. The third-order valence-corrected chi connectivity index (χ3v) is 3.48. The van der Waals surface area contributed by atoms with Crippen molar-refractivity contribution in [3.8, 4) is 5.75 Å². The quantitative estimate of drug-likeness (QED) is 0.400. The number of carbonyl (C=O) groups is 1. The van der Waals surface area contributed by atoms with E-state index < -0.39 is 4.87 Å². The lowest BCUT2D eigenvalue weighted by Crippen LogP contribution is -2.23. The number of aryl methyl sites for hydroxylation is 1. The fourth-order valence-corrected chi connectivity index (χ4v) is 2.27. The van der Waals surface area contributed by atoms with Crippen molar-refractivity contribution in [2.24, 2.45) is 0 Å². The van der Waals surface area contributed by atoms with Gasteiger partial charge in [0.1, 0.15) is 5.75 Å². The molecular formula is C14H17ClO2. The van der Waals surface area contributed by atoms with E-state index in [0.717, 1.165) is 16.7 Å². The molecule has 3 heteroatoms. The first-order chi connectivity index (χ1) is 7.64. The number of fused-ring (bicyclic) bond motifs is 1. The van der Waals surface area contributed by atoms with E-state index in [4.69, 9.17) is 16.3 Å². The maximum absolute atomic E-state index is 11.8. The number of hydrogen-bond acceptors (Lipinski definition) is 2. The maximum atomic E-state index is 11.8. The first-order valence-corrected chi connectivity index (χ1v) is 6.08. The fraction of sp³-hybridized carbons (Fsp3) is 0.500. The van der Waals surface area contributed by atoms with Gasteiger partial charge in [0.15, 0.2) is 4.87 Å². The summed E-state index contributed by atoms with van der Waals surface area (Å²) in [4.78, 5) is 10.7. The minimum absolute atomic E-state index is 0.0757. The van der Waals surface area contributed by atoms with E-state index in [9.17, 15) is 4.79 Å². The highest BCUT2D eigenvalue weighted by molar-refractivity contribution is 6.35. The topological polar surface area (TPSA) is 26.3 Å². The number of benzene rings is 1. The summed E-state index contributed by atoms with van der Waals surface area (Å²) < 4.78 is 5.36. The van der Waals surface area contributed by atoms with E-state index in [1.54, 1.807) is 6.92 Å². The Balaban J connectivity index is 2.74. The van der Waals surface area contributed by atoms with Gasteiger partial charge < -0.3 is 4.74 Å². The second kappa shape index (κ2) is 3.49. The van der Waals surface area contributed by atoms with Gasteiger partial charge in [-0.15, -0.1) is 11.6 Å². The van der Waals surface area contributed by atoms with Crippen molar-refractivity contribution in [1.82, 2.24) is 0 Å². The SMILES string of the molecule is Cc1cc(C(C)(C)C)c2c(c1)C(C)(Cl)C(=O)O2. The first kappa shape index (κ1) is 12.4. The average Bonchev–Trinajstić information content (AvgIpc) is 2.38. The number of carbonyl (C=O) groups excluding carboxylic acids is 1. The summed E-state index contributed by atoms with van der Waals surface area (Å²) in [5.74, 6) is 0.260. The predicted octanol–water partition coefficient (Wildman–Crippen LogP) is 3.67. The van der Waals surface area contributed by atoms with Crippen LogP contribution < -0.4 is 4.74 Å². The third-order valence-electron chi connectivity index (χ3n) is 3.13. The van der Waals surface area contributed by atoms with Gasteiger partial charge in [0.25, 0.3) is 0 Å². The van der Waals surface area contributed by atoms with Crippen LogP contribution in [0, 0.1) is 6.92 Å². The van der Waals surface area contributed by atoms with Crippen molar-refractivity contribution >= 4 is 17.6 Å². The summed E-state index contributed by atoms with van der Waals surface area (Å²) in [6.45, 7) is 9.99. The zero-order valence-corrected chi connectivity index (χ0v) is 11.6. The Morgan fingerprint density at radius 3 is 2.41 bits per heavy atom. The molecule has 0 bridgehead atoms. The predicted molar refractivity (Wildman–Crippen MR) is 68.7 cm³/mol. The summed E-state index contributed by atoms with van der Waals surface area (Å²) in [5, 5.41) is 0. The van der Waals surface area contributed by atoms with Gasteiger partial charge >= 0.3 is 5.97 Å². The number of ether oxygens (including phenoxy) is 1. The maximum Gasteiger partial charge on any atom is 0.337 e. The molecule has 1 aliphatic rings. The van der Waals surface area contributed by atoms with Crippen LogP contribution >= 0.6 is 11.6 Å². The fourth-order valence-electron chi connectivity index (χ4n) is 2.09. The van der Waals surface area contributed by atoms with Crippen LogP contribution in [0.25, 0.3) is 0 Å². The second-order valence-corrected chi connectivity index (χ2v) is 6.59. The van der Waals surface area contributed by atoms with Crippen LogP contribution in [0.3, 0.4) is 0 Å². The minimum atomic E-state index is -1.05. The Morgan fingerprint density at radius 2 is 1.88 bits per heavy atom. The van der Waals surface area contributed by atoms with Crippen molar-refractivity contribution in [3.05, 3.63) is 28.8 Å². The van der Waals surface area contributed by atoms with Gasteiger partial charge in [-0.2, -0.15) is 0 Å². The molecule has 0 N–H and O–H groups in total. The van der Waals surface area contributed by atoms with E-state index in [2.05, 4.69) is 26.8 Å². The minimum Gasteiger partial charge on any atom is -0.424 e. The molecule has 0 spiro atoms. The van der Waals surface area contributed by atoms with Crippen molar-refractivity contribution < 1.29 is 9.53 Å². The molecule has 0 fully saturated rings. The van der Waals surface area contributed by atoms with Crippen LogP contribution in [0.5, 0.6) is 5.75 Å². The standard InChI is InChI=1S/C14H17ClO2/c1-8-6-9(13(2,3)4)11-10(7-8)14(5,15)12(16)17-11/h6-7H,1-5H3. The molecule has 2 rings (SSSR count). The van der Waals surface area contributed by atoms with Crippen LogP contribution in [0.2, 0.25) is 0 Å². The summed E-state index contributed by atoms with van der Waals surface area (Å²) in [6.07, 6.45) is 0. The number of rotatable bonds is 0. The van der Waals surface area contributed by atoms with Gasteiger partial charge in [-0.3, -0.25) is 0 Å². The molecule has 0 amide bonds. The second-order valence-electron chi connectivity index (χ2n) is 5.83.